The van der Waals surface area contributed by atoms with Crippen molar-refractivity contribution in [1.29, 1.82) is 0 Å². The zero-order valence-corrected chi connectivity index (χ0v) is 24.3. The number of halogens is 3. The molecule has 232 valence electrons. The molecule has 10 nitrogen and oxygen atoms in total. The van der Waals surface area contributed by atoms with Crippen LogP contribution in [0, 0.1) is 6.92 Å². The first-order valence-electron chi connectivity index (χ1n) is 13.2. The molecular formula is C30H34F3N3O7. The topological polar surface area (TPSA) is 147 Å². The SMILES string of the molecule is Cc1cc(COc2ccc(C(=O)NC3(CC(=O)NO)CC(C)(C)OC3(C)C)cc2)c2ccccc2n1.O=C(O)C(F)(F)F. The van der Waals surface area contributed by atoms with Gasteiger partial charge in [-0.3, -0.25) is 19.8 Å². The van der Waals surface area contributed by atoms with Crippen LogP contribution in [0.5, 0.6) is 5.75 Å². The summed E-state index contributed by atoms with van der Waals surface area (Å²) in [5.74, 6) is -3.05. The third kappa shape index (κ3) is 8.20. The first-order valence-corrected chi connectivity index (χ1v) is 13.2. The van der Waals surface area contributed by atoms with E-state index in [-0.39, 0.29) is 12.3 Å². The molecule has 1 aromatic heterocycles. The highest BCUT2D eigenvalue weighted by atomic mass is 19.4. The number of aryl methyl sites for hydroxylation is 1. The second kappa shape index (κ2) is 12.6. The van der Waals surface area contributed by atoms with Gasteiger partial charge >= 0.3 is 12.1 Å². The normalized spacial score (nSPS) is 18.7. The highest BCUT2D eigenvalue weighted by molar-refractivity contribution is 5.95. The number of amides is 2. The number of aliphatic carboxylic acids is 1. The number of benzene rings is 2. The van der Waals surface area contributed by atoms with Crippen molar-refractivity contribution < 1.29 is 47.3 Å². The van der Waals surface area contributed by atoms with E-state index in [1.807, 2.05) is 65.0 Å². The molecule has 2 heterocycles. The van der Waals surface area contributed by atoms with Crippen LogP contribution in [0.2, 0.25) is 0 Å². The van der Waals surface area contributed by atoms with Gasteiger partial charge in [0.15, 0.2) is 0 Å². The number of ether oxygens (including phenoxy) is 2. The lowest BCUT2D eigenvalue weighted by Crippen LogP contribution is -2.60. The molecule has 4 N–H and O–H groups in total. The predicted octanol–water partition coefficient (Wildman–Crippen LogP) is 5.10. The minimum absolute atomic E-state index is 0.119. The van der Waals surface area contributed by atoms with Crippen LogP contribution in [0.3, 0.4) is 0 Å². The number of aromatic nitrogens is 1. The zero-order valence-electron chi connectivity index (χ0n) is 24.3. The van der Waals surface area contributed by atoms with E-state index in [0.29, 0.717) is 24.3 Å². The van der Waals surface area contributed by atoms with Crippen LogP contribution in [0.1, 0.15) is 62.2 Å². The van der Waals surface area contributed by atoms with Crippen molar-refractivity contribution in [2.75, 3.05) is 0 Å². The number of hydrogen-bond donors (Lipinski definition) is 4. The van der Waals surface area contributed by atoms with Gasteiger partial charge in [0.2, 0.25) is 5.91 Å². The van der Waals surface area contributed by atoms with E-state index >= 15 is 0 Å². The lowest BCUT2D eigenvalue weighted by Gasteiger charge is -2.40. The molecule has 1 fully saturated rings. The quantitative estimate of drug-likeness (QED) is 0.215. The van der Waals surface area contributed by atoms with Gasteiger partial charge in [-0.1, -0.05) is 18.2 Å². The summed E-state index contributed by atoms with van der Waals surface area (Å²) in [6.45, 7) is 9.84. The van der Waals surface area contributed by atoms with Crippen molar-refractivity contribution in [2.45, 2.75) is 77.0 Å². The molecule has 4 rings (SSSR count). The molecule has 0 bridgehead atoms. The van der Waals surface area contributed by atoms with Crippen LogP contribution < -0.4 is 15.5 Å². The van der Waals surface area contributed by atoms with E-state index in [9.17, 15) is 22.8 Å². The fourth-order valence-corrected chi connectivity index (χ4v) is 5.26. The van der Waals surface area contributed by atoms with Gasteiger partial charge < -0.3 is 19.9 Å². The van der Waals surface area contributed by atoms with Crippen LogP contribution in [-0.2, 0) is 20.9 Å². The fraction of sp³-hybridized carbons (Fsp3) is 0.400. The third-order valence-electron chi connectivity index (χ3n) is 7.03. The Morgan fingerprint density at radius 1 is 1.05 bits per heavy atom. The summed E-state index contributed by atoms with van der Waals surface area (Å²) >= 11 is 0. The van der Waals surface area contributed by atoms with Gasteiger partial charge in [0.25, 0.3) is 5.91 Å². The molecular weight excluding hydrogens is 571 g/mol. The maximum atomic E-state index is 13.2. The Morgan fingerprint density at radius 3 is 2.19 bits per heavy atom. The number of nitrogens with zero attached hydrogens (tertiary/aromatic N) is 1. The van der Waals surface area contributed by atoms with Gasteiger partial charge in [0, 0.05) is 28.6 Å². The van der Waals surface area contributed by atoms with Crippen molar-refractivity contribution >= 4 is 28.7 Å². The standard InChI is InChI=1S/C28H33N3O5.C2HF3O2/c1-18-14-20(22-8-6-7-9-23(22)29-18)16-35-21-12-10-19(11-13-21)25(33)30-28(15-24(32)31-34)17-26(2,3)36-27(28,4)5;3-2(4,5)1(6)7/h6-14,34H,15-17H2,1-5H3,(H,30,33)(H,31,32);(H,6,7). The molecule has 0 saturated carbocycles. The summed E-state index contributed by atoms with van der Waals surface area (Å²) in [4.78, 5) is 38.8. The molecule has 1 saturated heterocycles. The van der Waals surface area contributed by atoms with E-state index in [0.717, 1.165) is 22.2 Å². The molecule has 43 heavy (non-hydrogen) atoms. The van der Waals surface area contributed by atoms with E-state index in [1.54, 1.807) is 29.7 Å². The van der Waals surface area contributed by atoms with Gasteiger partial charge in [0.05, 0.1) is 28.7 Å². The Labute approximate surface area is 246 Å². The van der Waals surface area contributed by atoms with Gasteiger partial charge in [-0.2, -0.15) is 13.2 Å². The summed E-state index contributed by atoms with van der Waals surface area (Å²) < 4.78 is 43.9. The molecule has 0 radical (unpaired) electrons. The van der Waals surface area contributed by atoms with Gasteiger partial charge in [-0.05, 0) is 71.0 Å². The minimum Gasteiger partial charge on any atom is -0.489 e. The van der Waals surface area contributed by atoms with E-state index in [2.05, 4.69) is 10.3 Å². The average molecular weight is 606 g/mol. The number of carboxylic acids is 1. The number of pyridine rings is 1. The summed E-state index contributed by atoms with van der Waals surface area (Å²) in [6.07, 6.45) is -4.79. The number of fused-ring (bicyclic) bond motifs is 1. The van der Waals surface area contributed by atoms with Crippen molar-refractivity contribution in [1.82, 2.24) is 15.8 Å². The lowest BCUT2D eigenvalue weighted by atomic mass is 9.76. The highest BCUT2D eigenvalue weighted by Crippen LogP contribution is 2.47. The number of rotatable bonds is 7. The molecule has 2 aromatic carbocycles. The average Bonchev–Trinajstić information content (AvgIpc) is 3.08. The Hall–Kier alpha value is -4.23. The number of carbonyl (C=O) groups excluding carboxylic acids is 2. The van der Waals surface area contributed by atoms with Crippen LogP contribution in [0.15, 0.2) is 54.6 Å². The summed E-state index contributed by atoms with van der Waals surface area (Å²) in [6, 6.07) is 16.8. The van der Waals surface area contributed by atoms with Crippen molar-refractivity contribution in [3.05, 3.63) is 71.4 Å². The second-order valence-corrected chi connectivity index (χ2v) is 11.4. The lowest BCUT2D eigenvalue weighted by molar-refractivity contribution is -0.192. The highest BCUT2D eigenvalue weighted by Gasteiger charge is 2.58. The Bertz CT molecular complexity index is 1490. The van der Waals surface area contributed by atoms with Gasteiger partial charge in [-0.25, -0.2) is 10.3 Å². The van der Waals surface area contributed by atoms with Crippen LogP contribution >= 0.6 is 0 Å². The van der Waals surface area contributed by atoms with Crippen molar-refractivity contribution in [2.24, 2.45) is 0 Å². The smallest absolute Gasteiger partial charge is 0.489 e. The number of hydroxylamine groups is 1. The Morgan fingerprint density at radius 2 is 1.65 bits per heavy atom. The number of para-hydroxylation sites is 1. The van der Waals surface area contributed by atoms with Gasteiger partial charge in [0.1, 0.15) is 12.4 Å². The molecule has 0 spiro atoms. The number of carbonyl (C=O) groups is 3. The zero-order chi connectivity index (χ0) is 32.2. The second-order valence-electron chi connectivity index (χ2n) is 11.4. The maximum Gasteiger partial charge on any atom is 0.490 e. The molecule has 1 aliphatic heterocycles. The first-order chi connectivity index (χ1) is 19.9. The van der Waals surface area contributed by atoms with Crippen LogP contribution in [0.4, 0.5) is 13.2 Å². The largest absolute Gasteiger partial charge is 0.490 e. The number of alkyl halides is 3. The van der Waals surface area contributed by atoms with Crippen LogP contribution in [0.25, 0.3) is 10.9 Å². The van der Waals surface area contributed by atoms with Crippen molar-refractivity contribution in [3.63, 3.8) is 0 Å². The number of carboxylic acid groups (broad SMARTS) is 1. The summed E-state index contributed by atoms with van der Waals surface area (Å²) in [5.41, 5.74) is 2.59. The maximum absolute atomic E-state index is 13.2. The Balaban J connectivity index is 0.000000646. The predicted molar refractivity (Wildman–Crippen MR) is 150 cm³/mol. The summed E-state index contributed by atoms with van der Waals surface area (Å²) in [7, 11) is 0. The Kier molecular flexibility index (Phi) is 9.72. The molecule has 1 aliphatic rings. The van der Waals surface area contributed by atoms with Crippen molar-refractivity contribution in [3.8, 4) is 5.75 Å². The van der Waals surface area contributed by atoms with Crippen LogP contribution in [-0.4, -0.2) is 56.0 Å². The molecule has 0 aliphatic carbocycles. The van der Waals surface area contributed by atoms with E-state index in [4.69, 9.17) is 24.6 Å². The van der Waals surface area contributed by atoms with Gasteiger partial charge in [-0.15, -0.1) is 0 Å². The molecule has 1 unspecified atom stereocenters. The third-order valence-corrected chi connectivity index (χ3v) is 7.03. The first kappa shape index (κ1) is 33.3. The number of nitrogens with one attached hydrogen (secondary N) is 2. The molecule has 3 aromatic rings. The minimum atomic E-state index is -5.08. The van der Waals surface area contributed by atoms with E-state index in [1.165, 1.54) is 0 Å². The molecule has 1 atom stereocenters. The molecule has 2 amide bonds. The fourth-order valence-electron chi connectivity index (χ4n) is 5.26. The molecule has 13 heteroatoms. The summed E-state index contributed by atoms with van der Waals surface area (Å²) in [5, 5.41) is 20.3. The van der Waals surface area contributed by atoms with E-state index < -0.39 is 34.8 Å². The monoisotopic (exact) mass is 605 g/mol. The number of hydrogen-bond acceptors (Lipinski definition) is 7.